The Bertz CT molecular complexity index is 1460. The number of pyridine rings is 1. The second-order valence-corrected chi connectivity index (χ2v) is 9.43. The van der Waals surface area contributed by atoms with Gasteiger partial charge in [-0.25, -0.2) is 13.6 Å². The lowest BCUT2D eigenvalue weighted by Gasteiger charge is -2.32. The highest BCUT2D eigenvalue weighted by atomic mass is 35.5. The normalized spacial score (nSPS) is 21.8. The van der Waals surface area contributed by atoms with Crippen LogP contribution in [0, 0.1) is 11.6 Å². The highest BCUT2D eigenvalue weighted by molar-refractivity contribution is 6.34. The molecule has 2 atom stereocenters. The predicted octanol–water partition coefficient (Wildman–Crippen LogP) is 4.32. The standard InChI is InChI=1S/C23H16ClF5N4O4/c24-17-19(31-21(34)32-9-22-6-13(36-10-22)7-33(22)20(17)32)35-8-11-3-14(25)18(15(26)4-11)37-12-1-2-30-16(5-12)23(27,28)29/h1-5,13H,6-10H2/t13-,22+/m0/s1. The van der Waals surface area contributed by atoms with Crippen LogP contribution >= 0.6 is 11.6 Å². The van der Waals surface area contributed by atoms with Gasteiger partial charge in [0.2, 0.25) is 5.88 Å². The minimum Gasteiger partial charge on any atom is -0.472 e. The Hall–Kier alpha value is -3.45. The molecule has 14 heteroatoms. The van der Waals surface area contributed by atoms with Crippen LogP contribution in [0.15, 0.2) is 35.3 Å². The summed E-state index contributed by atoms with van der Waals surface area (Å²) in [6.45, 7) is 1.04. The van der Waals surface area contributed by atoms with E-state index in [0.717, 1.165) is 30.8 Å². The van der Waals surface area contributed by atoms with Gasteiger partial charge in [-0.1, -0.05) is 11.6 Å². The SMILES string of the molecule is O=c1nc(OCc2cc(F)c(Oc3ccnc(C(F)(F)F)c3)c(F)c2)c(Cl)c2n1C[C@]13CO[C@H](CN21)C3. The molecule has 0 amide bonds. The molecule has 1 spiro atoms. The molecular weight excluding hydrogens is 527 g/mol. The molecule has 8 nitrogen and oxygen atoms in total. The maximum absolute atomic E-state index is 14.6. The molecular formula is C23H16ClF5N4O4. The summed E-state index contributed by atoms with van der Waals surface area (Å²) in [4.78, 5) is 21.7. The van der Waals surface area contributed by atoms with Crippen molar-refractivity contribution in [2.75, 3.05) is 18.1 Å². The maximum atomic E-state index is 14.6. The van der Waals surface area contributed by atoms with Crippen LogP contribution in [-0.4, -0.2) is 39.3 Å². The van der Waals surface area contributed by atoms with Crippen LogP contribution in [-0.2, 0) is 24.1 Å². The Labute approximate surface area is 210 Å². The quantitative estimate of drug-likeness (QED) is 0.444. The van der Waals surface area contributed by atoms with Crippen LogP contribution in [0.1, 0.15) is 17.7 Å². The van der Waals surface area contributed by atoms with Gasteiger partial charge in [-0.15, -0.1) is 0 Å². The number of anilines is 1. The van der Waals surface area contributed by atoms with E-state index in [1.807, 2.05) is 4.90 Å². The van der Waals surface area contributed by atoms with E-state index in [1.165, 1.54) is 4.57 Å². The lowest BCUT2D eigenvalue weighted by Crippen LogP contribution is -2.46. The Morgan fingerprint density at radius 1 is 1.22 bits per heavy atom. The van der Waals surface area contributed by atoms with Gasteiger partial charge in [0.05, 0.1) is 24.8 Å². The first-order valence-electron chi connectivity index (χ1n) is 11.1. The van der Waals surface area contributed by atoms with Gasteiger partial charge in [0, 0.05) is 25.2 Å². The first kappa shape index (κ1) is 23.9. The number of benzene rings is 1. The molecule has 0 aliphatic carbocycles. The van der Waals surface area contributed by atoms with E-state index in [9.17, 15) is 26.7 Å². The molecule has 5 heterocycles. The molecule has 0 saturated carbocycles. The molecule has 0 N–H and O–H groups in total. The number of aromatic nitrogens is 3. The van der Waals surface area contributed by atoms with E-state index in [0.29, 0.717) is 31.6 Å². The van der Waals surface area contributed by atoms with E-state index < -0.39 is 47.3 Å². The number of ether oxygens (including phenoxy) is 3. The second kappa shape index (κ2) is 8.28. The minimum absolute atomic E-state index is 0.0108. The smallest absolute Gasteiger partial charge is 0.433 e. The van der Waals surface area contributed by atoms with Gasteiger partial charge < -0.3 is 19.1 Å². The molecule has 194 valence electrons. The van der Waals surface area contributed by atoms with Crippen molar-refractivity contribution >= 4 is 17.4 Å². The van der Waals surface area contributed by atoms with E-state index in [1.54, 1.807) is 0 Å². The zero-order chi connectivity index (χ0) is 26.1. The topological polar surface area (TPSA) is 78.7 Å². The minimum atomic E-state index is -4.75. The second-order valence-electron chi connectivity index (χ2n) is 9.05. The van der Waals surface area contributed by atoms with Gasteiger partial charge in [0.1, 0.15) is 28.9 Å². The third-order valence-corrected chi connectivity index (χ3v) is 6.94. The average Bonchev–Trinajstić information content (AvgIpc) is 3.50. The fraction of sp³-hybridized carbons (Fsp3) is 0.348. The number of halogens is 6. The van der Waals surface area contributed by atoms with E-state index in [4.69, 9.17) is 25.8 Å². The number of nitrogens with zero attached hydrogens (tertiary/aromatic N) is 4. The molecule has 3 aliphatic heterocycles. The summed E-state index contributed by atoms with van der Waals surface area (Å²) in [6.07, 6.45) is -3.12. The number of morpholine rings is 1. The van der Waals surface area contributed by atoms with Crippen molar-refractivity contribution in [3.8, 4) is 17.4 Å². The van der Waals surface area contributed by atoms with Crippen LogP contribution in [0.25, 0.3) is 0 Å². The lowest BCUT2D eigenvalue weighted by atomic mass is 10.0. The van der Waals surface area contributed by atoms with E-state index in [2.05, 4.69) is 9.97 Å². The molecule has 2 aromatic heterocycles. The third kappa shape index (κ3) is 3.96. The highest BCUT2D eigenvalue weighted by Gasteiger charge is 2.57. The molecule has 1 aromatic carbocycles. The van der Waals surface area contributed by atoms with Crippen molar-refractivity contribution in [3.63, 3.8) is 0 Å². The van der Waals surface area contributed by atoms with Crippen molar-refractivity contribution in [2.24, 2.45) is 0 Å². The Balaban J connectivity index is 1.22. The maximum Gasteiger partial charge on any atom is 0.433 e. The zero-order valence-electron chi connectivity index (χ0n) is 18.7. The van der Waals surface area contributed by atoms with E-state index >= 15 is 0 Å². The van der Waals surface area contributed by atoms with Crippen LogP contribution in [0.2, 0.25) is 5.02 Å². The Morgan fingerprint density at radius 2 is 1.97 bits per heavy atom. The summed E-state index contributed by atoms with van der Waals surface area (Å²) in [7, 11) is 0. The van der Waals surface area contributed by atoms with Gasteiger partial charge >= 0.3 is 11.9 Å². The summed E-state index contributed by atoms with van der Waals surface area (Å²) in [5.41, 5.74) is -2.18. The molecule has 2 saturated heterocycles. The number of rotatable bonds is 5. The summed E-state index contributed by atoms with van der Waals surface area (Å²) in [5, 5.41) is 0.100. The van der Waals surface area contributed by atoms with Gasteiger partial charge in [-0.3, -0.25) is 9.55 Å². The fourth-order valence-electron chi connectivity index (χ4n) is 5.01. The Morgan fingerprint density at radius 3 is 2.68 bits per heavy atom. The average molecular weight is 543 g/mol. The molecule has 0 radical (unpaired) electrons. The first-order chi connectivity index (χ1) is 17.5. The van der Waals surface area contributed by atoms with Gasteiger partial charge in [-0.2, -0.15) is 18.2 Å². The van der Waals surface area contributed by atoms with Crippen molar-refractivity contribution in [1.29, 1.82) is 0 Å². The van der Waals surface area contributed by atoms with Gasteiger partial charge in [0.25, 0.3) is 0 Å². The van der Waals surface area contributed by atoms with E-state index in [-0.39, 0.29) is 28.1 Å². The predicted molar refractivity (Wildman–Crippen MR) is 118 cm³/mol. The monoisotopic (exact) mass is 542 g/mol. The zero-order valence-corrected chi connectivity index (χ0v) is 19.4. The summed E-state index contributed by atoms with van der Waals surface area (Å²) >= 11 is 6.53. The number of alkyl halides is 3. The first-order valence-corrected chi connectivity index (χ1v) is 11.4. The number of fused-ring (bicyclic) bond motifs is 3. The fourth-order valence-corrected chi connectivity index (χ4v) is 5.31. The molecule has 37 heavy (non-hydrogen) atoms. The van der Waals surface area contributed by atoms with Crippen LogP contribution in [0.5, 0.6) is 17.4 Å². The molecule has 6 rings (SSSR count). The molecule has 3 aliphatic rings. The molecule has 2 fully saturated rings. The molecule has 3 aromatic rings. The van der Waals surface area contributed by atoms with Crippen molar-refractivity contribution < 1.29 is 36.2 Å². The van der Waals surface area contributed by atoms with Crippen molar-refractivity contribution in [2.45, 2.75) is 37.4 Å². The molecule has 2 bridgehead atoms. The summed E-state index contributed by atoms with van der Waals surface area (Å²) in [5.74, 6) is -3.40. The van der Waals surface area contributed by atoms with Crippen LogP contribution < -0.4 is 20.1 Å². The van der Waals surface area contributed by atoms with Crippen LogP contribution in [0.4, 0.5) is 27.8 Å². The van der Waals surface area contributed by atoms with Crippen molar-refractivity contribution in [3.05, 3.63) is 68.9 Å². The van der Waals surface area contributed by atoms with Gasteiger partial charge in [0.15, 0.2) is 17.4 Å². The van der Waals surface area contributed by atoms with Crippen LogP contribution in [0.3, 0.4) is 0 Å². The van der Waals surface area contributed by atoms with Gasteiger partial charge in [-0.05, 0) is 23.8 Å². The number of hydrogen-bond donors (Lipinski definition) is 0. The molecule has 0 unspecified atom stereocenters. The highest BCUT2D eigenvalue weighted by Crippen LogP contribution is 2.49. The summed E-state index contributed by atoms with van der Waals surface area (Å²) < 4.78 is 85.6. The lowest BCUT2D eigenvalue weighted by molar-refractivity contribution is -0.141. The largest absolute Gasteiger partial charge is 0.472 e. The Kier molecular flexibility index (Phi) is 5.35. The summed E-state index contributed by atoms with van der Waals surface area (Å²) in [6, 6.07) is 3.35. The number of hydrogen-bond acceptors (Lipinski definition) is 7. The van der Waals surface area contributed by atoms with Crippen molar-refractivity contribution in [1.82, 2.24) is 14.5 Å². The third-order valence-electron chi connectivity index (χ3n) is 6.61.